The van der Waals surface area contributed by atoms with Crippen LogP contribution < -0.4 is 5.43 Å². The van der Waals surface area contributed by atoms with E-state index in [0.717, 1.165) is 73.9 Å². The molecule has 1 aromatic heterocycles. The van der Waals surface area contributed by atoms with E-state index in [4.69, 9.17) is 25.2 Å². The average molecular weight is 858 g/mol. The second kappa shape index (κ2) is 20.9. The molecule has 61 heavy (non-hydrogen) atoms. The highest BCUT2D eigenvalue weighted by Crippen LogP contribution is 2.31. The van der Waals surface area contributed by atoms with Crippen LogP contribution in [0.25, 0.3) is 11.1 Å². The maximum atomic E-state index is 14.6. The summed E-state index contributed by atoms with van der Waals surface area (Å²) in [5.41, 5.74) is 3.88. The normalized spacial score (nSPS) is 15.3. The molecule has 17 heteroatoms. The molecule has 328 valence electrons. The second-order valence-corrected chi connectivity index (χ2v) is 15.0. The van der Waals surface area contributed by atoms with E-state index >= 15 is 0 Å². The van der Waals surface area contributed by atoms with E-state index < -0.39 is 47.5 Å². The zero-order valence-electron chi connectivity index (χ0n) is 33.4. The molecule has 0 spiro atoms. The largest absolute Gasteiger partial charge is 0.479 e. The number of fused-ring (bicyclic) bond motifs is 1. The molecule has 1 amide bonds. The number of ether oxygens (including phenoxy) is 1. The molecule has 6 rings (SSSR count). The van der Waals surface area contributed by atoms with E-state index in [-0.39, 0.29) is 42.3 Å². The predicted octanol–water partition coefficient (Wildman–Crippen LogP) is 5.10. The van der Waals surface area contributed by atoms with Crippen molar-refractivity contribution >= 4 is 17.8 Å². The Labute approximate surface area is 348 Å². The Bertz CT molecular complexity index is 2190. The molecule has 2 heterocycles. The van der Waals surface area contributed by atoms with Crippen LogP contribution >= 0.6 is 0 Å². The number of aliphatic hydroxyl groups is 2. The number of halogens is 5. The number of methoxy groups -OCH3 is 1. The van der Waals surface area contributed by atoms with Gasteiger partial charge in [-0.2, -0.15) is 13.2 Å². The number of pyridine rings is 1. The van der Waals surface area contributed by atoms with Crippen LogP contribution in [0.3, 0.4) is 0 Å². The number of carboxylic acid groups (broad SMARTS) is 2. The number of aryl methyl sites for hydroxylation is 2. The number of hydrogen-bond donors (Lipinski definition) is 4. The highest BCUT2D eigenvalue weighted by molar-refractivity contribution is 5.83. The number of alkyl halides is 3. The van der Waals surface area contributed by atoms with Gasteiger partial charge in [0.25, 0.3) is 0 Å². The van der Waals surface area contributed by atoms with Crippen molar-refractivity contribution < 1.29 is 61.5 Å². The summed E-state index contributed by atoms with van der Waals surface area (Å²) in [5, 5.41) is 32.5. The van der Waals surface area contributed by atoms with Gasteiger partial charge in [0.1, 0.15) is 6.54 Å². The maximum Gasteiger partial charge on any atom is 0.416 e. The van der Waals surface area contributed by atoms with Gasteiger partial charge < -0.3 is 39.5 Å². The molecule has 2 atom stereocenters. The molecular formula is C44H48F5N3O9. The number of rotatable bonds is 15. The van der Waals surface area contributed by atoms with E-state index in [2.05, 4.69) is 4.90 Å². The number of aliphatic carboxylic acids is 2. The van der Waals surface area contributed by atoms with Gasteiger partial charge in [-0.3, -0.25) is 9.59 Å². The zero-order chi connectivity index (χ0) is 44.4. The first-order valence-corrected chi connectivity index (χ1v) is 19.7. The van der Waals surface area contributed by atoms with Gasteiger partial charge in [0.15, 0.2) is 29.3 Å². The van der Waals surface area contributed by atoms with Crippen molar-refractivity contribution in [2.45, 2.75) is 82.5 Å². The molecule has 1 aliphatic carbocycles. The Morgan fingerprint density at radius 3 is 2.05 bits per heavy atom. The van der Waals surface area contributed by atoms with Gasteiger partial charge in [0.05, 0.1) is 12.2 Å². The topological polar surface area (TPSA) is 170 Å². The van der Waals surface area contributed by atoms with Gasteiger partial charge in [-0.05, 0) is 85.4 Å². The molecule has 4 aromatic rings. The molecule has 2 aliphatic rings. The van der Waals surface area contributed by atoms with Crippen molar-refractivity contribution in [1.29, 1.82) is 0 Å². The number of aliphatic hydroxyl groups excluding tert-OH is 2. The number of nitrogens with zero attached hydrogens (tertiary/aromatic N) is 3. The van der Waals surface area contributed by atoms with Crippen LogP contribution in [-0.2, 0) is 64.1 Å². The Balaban J connectivity index is 0.000000626. The standard InChI is InChI=1S/C40H42F5N3O3.C4H6O6/c1-51-23-22-46-20-18-32(19-21-46)48(25-27-8-10-28(11-9-27)29-12-15-31(16-13-29)40(43,44)45)38(50)26-47-33(24-37(49)34-5-3-7-36(34)47)17-14-30-4-2-6-35(41)39(30)42;5-1(3(7)8)2(6)4(9)10/h2,4,6,8-13,15-16,24,32H,3,5,7,14,17-23,25-26H2,1H3;1-2,5-6H,(H,7,8)(H,9,10). The molecule has 2 unspecified atom stereocenters. The van der Waals surface area contributed by atoms with E-state index in [1.165, 1.54) is 24.3 Å². The van der Waals surface area contributed by atoms with Crippen LogP contribution in [-0.4, -0.2) is 104 Å². The number of aromatic nitrogens is 1. The van der Waals surface area contributed by atoms with Crippen molar-refractivity contribution in [2.75, 3.05) is 33.4 Å². The van der Waals surface area contributed by atoms with Crippen molar-refractivity contribution in [1.82, 2.24) is 14.4 Å². The van der Waals surface area contributed by atoms with Gasteiger partial charge in [-0.1, -0.05) is 48.5 Å². The third kappa shape index (κ3) is 12.1. The summed E-state index contributed by atoms with van der Waals surface area (Å²) in [6.07, 6.45) is -4.87. The Morgan fingerprint density at radius 2 is 1.48 bits per heavy atom. The van der Waals surface area contributed by atoms with Crippen LogP contribution in [0.4, 0.5) is 22.0 Å². The number of piperidine rings is 1. The molecule has 4 N–H and O–H groups in total. The second-order valence-electron chi connectivity index (χ2n) is 15.0. The first-order valence-electron chi connectivity index (χ1n) is 19.7. The lowest BCUT2D eigenvalue weighted by molar-refractivity contribution is -0.165. The Kier molecular flexibility index (Phi) is 15.9. The lowest BCUT2D eigenvalue weighted by Crippen LogP contribution is -2.48. The summed E-state index contributed by atoms with van der Waals surface area (Å²) in [7, 11) is 1.67. The minimum Gasteiger partial charge on any atom is -0.479 e. The van der Waals surface area contributed by atoms with E-state index in [1.807, 2.05) is 33.7 Å². The number of amides is 1. The Hall–Kier alpha value is -5.49. The number of carboxylic acids is 2. The van der Waals surface area contributed by atoms with Gasteiger partial charge >= 0.3 is 18.1 Å². The predicted molar refractivity (Wildman–Crippen MR) is 213 cm³/mol. The molecule has 0 bridgehead atoms. The molecule has 3 aromatic carbocycles. The lowest BCUT2D eigenvalue weighted by Gasteiger charge is -2.39. The molecule has 12 nitrogen and oxygen atoms in total. The number of benzene rings is 3. The molecule has 1 aliphatic heterocycles. The zero-order valence-corrected chi connectivity index (χ0v) is 33.4. The molecule has 0 radical (unpaired) electrons. The van der Waals surface area contributed by atoms with Crippen LogP contribution in [0.15, 0.2) is 77.6 Å². The first kappa shape index (κ1) is 46.6. The fraction of sp³-hybridized carbons (Fsp3) is 0.409. The van der Waals surface area contributed by atoms with E-state index in [0.29, 0.717) is 42.8 Å². The van der Waals surface area contributed by atoms with Crippen LogP contribution in [0.5, 0.6) is 0 Å². The van der Waals surface area contributed by atoms with Crippen LogP contribution in [0.2, 0.25) is 0 Å². The summed E-state index contributed by atoms with van der Waals surface area (Å²) >= 11 is 0. The summed E-state index contributed by atoms with van der Waals surface area (Å²) in [6, 6.07) is 18.1. The fourth-order valence-electron chi connectivity index (χ4n) is 7.63. The highest BCUT2D eigenvalue weighted by Gasteiger charge is 2.32. The molecular weight excluding hydrogens is 809 g/mol. The third-order valence-electron chi connectivity index (χ3n) is 11.0. The first-order chi connectivity index (χ1) is 29.0. The summed E-state index contributed by atoms with van der Waals surface area (Å²) < 4.78 is 75.0. The fourth-order valence-corrected chi connectivity index (χ4v) is 7.63. The van der Waals surface area contributed by atoms with Crippen molar-refractivity contribution in [2.24, 2.45) is 0 Å². The monoisotopic (exact) mass is 857 g/mol. The molecule has 1 fully saturated rings. The minimum absolute atomic E-state index is 0.0110. The SMILES string of the molecule is COCCN1CCC(N(Cc2ccc(-c3ccc(C(F)(F)F)cc3)cc2)C(=O)Cn2c(CCc3cccc(F)c3F)cc(=O)c3c2CCC3)CC1.O=C(O)C(O)C(O)C(=O)O. The van der Waals surface area contributed by atoms with Crippen molar-refractivity contribution in [3.8, 4) is 11.1 Å². The number of carbonyl (C=O) groups excluding carboxylic acids is 1. The van der Waals surface area contributed by atoms with Gasteiger partial charge in [0, 0.05) is 62.3 Å². The van der Waals surface area contributed by atoms with Gasteiger partial charge in [-0.15, -0.1) is 0 Å². The smallest absolute Gasteiger partial charge is 0.416 e. The van der Waals surface area contributed by atoms with Gasteiger partial charge in [-0.25, -0.2) is 18.4 Å². The minimum atomic E-state index is -4.41. The molecule has 1 saturated heterocycles. The van der Waals surface area contributed by atoms with Crippen LogP contribution in [0.1, 0.15) is 52.9 Å². The number of carbonyl (C=O) groups is 3. The van der Waals surface area contributed by atoms with E-state index in [1.54, 1.807) is 13.2 Å². The lowest BCUT2D eigenvalue weighted by atomic mass is 10.00. The summed E-state index contributed by atoms with van der Waals surface area (Å²) in [5.74, 6) is -5.47. The molecule has 0 saturated carbocycles. The maximum absolute atomic E-state index is 14.6. The Morgan fingerprint density at radius 1 is 0.869 bits per heavy atom. The summed E-state index contributed by atoms with van der Waals surface area (Å²) in [4.78, 5) is 51.4. The van der Waals surface area contributed by atoms with Gasteiger partial charge in [0.2, 0.25) is 5.91 Å². The van der Waals surface area contributed by atoms with E-state index in [9.17, 15) is 41.1 Å². The van der Waals surface area contributed by atoms with Crippen molar-refractivity contribution in [3.63, 3.8) is 0 Å². The van der Waals surface area contributed by atoms with Crippen LogP contribution in [0, 0.1) is 11.6 Å². The quantitative estimate of drug-likeness (QED) is 0.118. The number of likely N-dealkylation sites (tertiary alicyclic amines) is 1. The third-order valence-corrected chi connectivity index (χ3v) is 11.0. The number of hydrogen-bond acceptors (Lipinski definition) is 8. The summed E-state index contributed by atoms with van der Waals surface area (Å²) in [6.45, 7) is 3.39. The highest BCUT2D eigenvalue weighted by atomic mass is 19.4. The average Bonchev–Trinajstić information content (AvgIpc) is 3.75. The van der Waals surface area contributed by atoms with Crippen molar-refractivity contribution in [3.05, 3.63) is 128 Å².